The van der Waals surface area contributed by atoms with Gasteiger partial charge in [-0.1, -0.05) is 13.3 Å². The summed E-state index contributed by atoms with van der Waals surface area (Å²) in [5, 5.41) is 9.00. The minimum Gasteiger partial charge on any atom is -0.395 e. The van der Waals surface area contributed by atoms with E-state index in [-0.39, 0.29) is 6.61 Å². The van der Waals surface area contributed by atoms with Crippen molar-refractivity contribution in [2.75, 3.05) is 19.7 Å². The van der Waals surface area contributed by atoms with Gasteiger partial charge in [0, 0.05) is 30.0 Å². The Labute approximate surface area is 106 Å². The van der Waals surface area contributed by atoms with Gasteiger partial charge in [0.2, 0.25) is 0 Å². The van der Waals surface area contributed by atoms with Crippen LogP contribution in [0.15, 0.2) is 22.9 Å². The molecule has 3 nitrogen and oxygen atoms in total. The highest BCUT2D eigenvalue weighted by Crippen LogP contribution is 2.11. The Balaban J connectivity index is 2.52. The van der Waals surface area contributed by atoms with E-state index in [1.807, 2.05) is 6.20 Å². The summed E-state index contributed by atoms with van der Waals surface area (Å²) < 4.78 is 1.00. The van der Waals surface area contributed by atoms with Crippen molar-refractivity contribution in [1.29, 1.82) is 0 Å². The molecule has 0 aliphatic carbocycles. The van der Waals surface area contributed by atoms with Crippen LogP contribution in [0, 0.1) is 0 Å². The predicted molar refractivity (Wildman–Crippen MR) is 69.2 cm³/mol. The number of nitrogens with zero attached hydrogens (tertiary/aromatic N) is 2. The van der Waals surface area contributed by atoms with Crippen LogP contribution in [0.4, 0.5) is 0 Å². The smallest absolute Gasteiger partial charge is 0.0558 e. The lowest BCUT2D eigenvalue weighted by atomic mass is 10.2. The van der Waals surface area contributed by atoms with Crippen LogP contribution in [0.2, 0.25) is 0 Å². The molecule has 1 N–H and O–H groups in total. The Kier molecular flexibility index (Phi) is 6.61. The average Bonchev–Trinajstić information content (AvgIpc) is 2.26. The van der Waals surface area contributed by atoms with Gasteiger partial charge in [0.05, 0.1) is 6.61 Å². The molecule has 0 aliphatic rings. The monoisotopic (exact) mass is 286 g/mol. The number of unbranched alkanes of at least 4 members (excludes halogenated alkanes) is 1. The molecular weight excluding hydrogens is 268 g/mol. The van der Waals surface area contributed by atoms with E-state index < -0.39 is 0 Å². The maximum absolute atomic E-state index is 9.00. The molecule has 90 valence electrons. The summed E-state index contributed by atoms with van der Waals surface area (Å²) >= 11 is 3.41. The fourth-order valence-electron chi connectivity index (χ4n) is 1.59. The van der Waals surface area contributed by atoms with Crippen LogP contribution >= 0.6 is 15.9 Å². The predicted octanol–water partition coefficient (Wildman–Crippen LogP) is 2.44. The number of pyridine rings is 1. The van der Waals surface area contributed by atoms with Crippen LogP contribution in [0.25, 0.3) is 0 Å². The molecule has 1 rings (SSSR count). The zero-order valence-electron chi connectivity index (χ0n) is 9.69. The Morgan fingerprint density at radius 2 is 2.19 bits per heavy atom. The molecule has 4 heteroatoms. The van der Waals surface area contributed by atoms with Gasteiger partial charge < -0.3 is 5.11 Å². The van der Waals surface area contributed by atoms with Gasteiger partial charge in [-0.05, 0) is 40.5 Å². The van der Waals surface area contributed by atoms with E-state index in [0.29, 0.717) is 0 Å². The van der Waals surface area contributed by atoms with Crippen molar-refractivity contribution in [2.24, 2.45) is 0 Å². The molecule has 1 heterocycles. The minimum atomic E-state index is 0.213. The van der Waals surface area contributed by atoms with Crippen LogP contribution in [-0.4, -0.2) is 34.7 Å². The lowest BCUT2D eigenvalue weighted by molar-refractivity contribution is 0.188. The topological polar surface area (TPSA) is 36.4 Å². The first-order chi connectivity index (χ1) is 7.76. The summed E-state index contributed by atoms with van der Waals surface area (Å²) in [5.74, 6) is 0. The molecule has 0 amide bonds. The van der Waals surface area contributed by atoms with Gasteiger partial charge in [-0.3, -0.25) is 9.88 Å². The van der Waals surface area contributed by atoms with Crippen molar-refractivity contribution in [1.82, 2.24) is 9.88 Å². The van der Waals surface area contributed by atoms with E-state index in [1.54, 1.807) is 6.20 Å². The van der Waals surface area contributed by atoms with E-state index in [2.05, 4.69) is 38.8 Å². The van der Waals surface area contributed by atoms with E-state index in [1.165, 1.54) is 18.4 Å². The Hall–Kier alpha value is -0.450. The first kappa shape index (κ1) is 13.6. The molecule has 0 saturated heterocycles. The van der Waals surface area contributed by atoms with Crippen molar-refractivity contribution in [3.8, 4) is 0 Å². The number of aliphatic hydroxyl groups is 1. The molecule has 0 saturated carbocycles. The van der Waals surface area contributed by atoms with Crippen LogP contribution < -0.4 is 0 Å². The van der Waals surface area contributed by atoms with Gasteiger partial charge in [0.25, 0.3) is 0 Å². The minimum absolute atomic E-state index is 0.213. The summed E-state index contributed by atoms with van der Waals surface area (Å²) in [4.78, 5) is 6.40. The lowest BCUT2D eigenvalue weighted by Gasteiger charge is -2.20. The zero-order valence-corrected chi connectivity index (χ0v) is 11.3. The lowest BCUT2D eigenvalue weighted by Crippen LogP contribution is -2.27. The maximum atomic E-state index is 9.00. The van der Waals surface area contributed by atoms with Gasteiger partial charge in [-0.2, -0.15) is 0 Å². The molecule has 0 fully saturated rings. The SMILES string of the molecule is CCCCN(CCO)Cc1cncc(Br)c1. The molecular formula is C12H19BrN2O. The molecule has 16 heavy (non-hydrogen) atoms. The summed E-state index contributed by atoms with van der Waals surface area (Å²) in [6, 6.07) is 2.07. The summed E-state index contributed by atoms with van der Waals surface area (Å²) in [7, 11) is 0. The Morgan fingerprint density at radius 1 is 1.38 bits per heavy atom. The number of aliphatic hydroxyl groups excluding tert-OH is 1. The van der Waals surface area contributed by atoms with Crippen molar-refractivity contribution >= 4 is 15.9 Å². The molecule has 0 aromatic carbocycles. The second kappa shape index (κ2) is 7.76. The highest BCUT2D eigenvalue weighted by atomic mass is 79.9. The number of aromatic nitrogens is 1. The summed E-state index contributed by atoms with van der Waals surface area (Å²) in [6.07, 6.45) is 6.01. The quantitative estimate of drug-likeness (QED) is 0.836. The van der Waals surface area contributed by atoms with Gasteiger partial charge >= 0.3 is 0 Å². The number of halogens is 1. The summed E-state index contributed by atoms with van der Waals surface area (Å²) in [6.45, 7) is 5.01. The van der Waals surface area contributed by atoms with E-state index >= 15 is 0 Å². The molecule has 0 radical (unpaired) electrons. The number of hydrogen-bond donors (Lipinski definition) is 1. The van der Waals surface area contributed by atoms with Gasteiger partial charge in [0.1, 0.15) is 0 Å². The average molecular weight is 287 g/mol. The van der Waals surface area contributed by atoms with Gasteiger partial charge in [0.15, 0.2) is 0 Å². The fraction of sp³-hybridized carbons (Fsp3) is 0.583. The molecule has 1 aromatic heterocycles. The molecule has 0 bridgehead atoms. The number of hydrogen-bond acceptors (Lipinski definition) is 3. The second-order valence-electron chi connectivity index (χ2n) is 3.86. The molecule has 0 spiro atoms. The molecule has 0 unspecified atom stereocenters. The third-order valence-electron chi connectivity index (χ3n) is 2.41. The van der Waals surface area contributed by atoms with Crippen molar-refractivity contribution in [2.45, 2.75) is 26.3 Å². The van der Waals surface area contributed by atoms with Gasteiger partial charge in [-0.15, -0.1) is 0 Å². The Bertz CT molecular complexity index is 307. The molecule has 0 aliphatic heterocycles. The summed E-state index contributed by atoms with van der Waals surface area (Å²) in [5.41, 5.74) is 1.18. The van der Waals surface area contributed by atoms with Gasteiger partial charge in [-0.25, -0.2) is 0 Å². The second-order valence-corrected chi connectivity index (χ2v) is 4.78. The van der Waals surface area contributed by atoms with E-state index in [4.69, 9.17) is 5.11 Å². The van der Waals surface area contributed by atoms with Crippen molar-refractivity contribution in [3.63, 3.8) is 0 Å². The first-order valence-corrected chi connectivity index (χ1v) is 6.48. The maximum Gasteiger partial charge on any atom is 0.0558 e. The van der Waals surface area contributed by atoms with Crippen LogP contribution in [-0.2, 0) is 6.54 Å². The Morgan fingerprint density at radius 3 is 2.81 bits per heavy atom. The van der Waals surface area contributed by atoms with Crippen molar-refractivity contribution < 1.29 is 5.11 Å². The third kappa shape index (κ3) is 5.05. The van der Waals surface area contributed by atoms with Crippen LogP contribution in [0.5, 0.6) is 0 Å². The van der Waals surface area contributed by atoms with Crippen molar-refractivity contribution in [3.05, 3.63) is 28.5 Å². The number of rotatable bonds is 7. The highest BCUT2D eigenvalue weighted by molar-refractivity contribution is 9.10. The molecule has 1 aromatic rings. The van der Waals surface area contributed by atoms with Crippen LogP contribution in [0.1, 0.15) is 25.3 Å². The highest BCUT2D eigenvalue weighted by Gasteiger charge is 2.05. The van der Waals surface area contributed by atoms with E-state index in [0.717, 1.165) is 24.1 Å². The fourth-order valence-corrected chi connectivity index (χ4v) is 2.01. The first-order valence-electron chi connectivity index (χ1n) is 5.69. The standard InChI is InChI=1S/C12H19BrN2O/c1-2-3-4-15(5-6-16)10-11-7-12(13)9-14-8-11/h7-9,16H,2-6,10H2,1H3. The zero-order chi connectivity index (χ0) is 11.8. The van der Waals surface area contributed by atoms with Crippen LogP contribution in [0.3, 0.4) is 0 Å². The van der Waals surface area contributed by atoms with E-state index in [9.17, 15) is 0 Å². The largest absolute Gasteiger partial charge is 0.395 e. The third-order valence-corrected chi connectivity index (χ3v) is 2.85. The normalized spacial score (nSPS) is 11.0. The molecule has 0 atom stereocenters.